The molecule has 1 aromatic carbocycles. The zero-order chi connectivity index (χ0) is 12.1. The number of hydrazine groups is 1. The van der Waals surface area contributed by atoms with Crippen LogP contribution in [0.4, 0.5) is 4.79 Å². The van der Waals surface area contributed by atoms with Gasteiger partial charge in [-0.3, -0.25) is 10.3 Å². The molecular formula is C12H18N4O. The number of hydrogen-bond acceptors (Lipinski definition) is 3. The van der Waals surface area contributed by atoms with Gasteiger partial charge in [-0.15, -0.1) is 0 Å². The van der Waals surface area contributed by atoms with E-state index in [-0.39, 0.29) is 6.03 Å². The van der Waals surface area contributed by atoms with Crippen molar-refractivity contribution in [2.45, 2.75) is 6.54 Å². The van der Waals surface area contributed by atoms with E-state index >= 15 is 0 Å². The highest BCUT2D eigenvalue weighted by molar-refractivity contribution is 5.73. The number of rotatable bonds is 2. The lowest BCUT2D eigenvalue weighted by Crippen LogP contribution is -2.52. The third-order valence-electron chi connectivity index (χ3n) is 3.03. The molecule has 17 heavy (non-hydrogen) atoms. The minimum atomic E-state index is -0.190. The van der Waals surface area contributed by atoms with Gasteiger partial charge < -0.3 is 4.90 Å². The van der Waals surface area contributed by atoms with Crippen molar-refractivity contribution in [1.82, 2.24) is 15.2 Å². The van der Waals surface area contributed by atoms with Crippen LogP contribution in [0.1, 0.15) is 5.56 Å². The average molecular weight is 234 g/mol. The molecule has 0 aliphatic carbocycles. The maximum absolute atomic E-state index is 11.3. The SMILES string of the molecule is NNC(=O)N1CCN(Cc2ccccc2)CC1. The molecule has 1 heterocycles. The lowest BCUT2D eigenvalue weighted by molar-refractivity contribution is 0.135. The Morgan fingerprint density at radius 2 is 1.82 bits per heavy atom. The summed E-state index contributed by atoms with van der Waals surface area (Å²) in [7, 11) is 0. The number of amides is 2. The molecule has 1 aliphatic rings. The lowest BCUT2D eigenvalue weighted by atomic mass is 10.2. The number of hydrogen-bond donors (Lipinski definition) is 2. The number of carbonyl (C=O) groups excluding carboxylic acids is 1. The summed E-state index contributed by atoms with van der Waals surface area (Å²) in [5.74, 6) is 5.11. The van der Waals surface area contributed by atoms with Gasteiger partial charge in [-0.2, -0.15) is 0 Å². The van der Waals surface area contributed by atoms with Crippen molar-refractivity contribution in [3.05, 3.63) is 35.9 Å². The minimum absolute atomic E-state index is 0.190. The molecule has 1 saturated heterocycles. The third kappa shape index (κ3) is 3.18. The second-order valence-electron chi connectivity index (χ2n) is 4.20. The van der Waals surface area contributed by atoms with Crippen LogP contribution in [0.15, 0.2) is 30.3 Å². The Balaban J connectivity index is 1.82. The quantitative estimate of drug-likeness (QED) is 0.442. The summed E-state index contributed by atoms with van der Waals surface area (Å²) in [5.41, 5.74) is 3.48. The minimum Gasteiger partial charge on any atom is -0.321 e. The first-order chi connectivity index (χ1) is 8.29. The normalized spacial score (nSPS) is 16.9. The maximum Gasteiger partial charge on any atom is 0.331 e. The summed E-state index contributed by atoms with van der Waals surface area (Å²) in [5, 5.41) is 0. The Hall–Kier alpha value is -1.59. The second-order valence-corrected chi connectivity index (χ2v) is 4.20. The van der Waals surface area contributed by atoms with E-state index < -0.39 is 0 Å². The number of nitrogens with zero attached hydrogens (tertiary/aromatic N) is 2. The van der Waals surface area contributed by atoms with E-state index in [1.54, 1.807) is 4.90 Å². The Labute approximate surface area is 101 Å². The zero-order valence-electron chi connectivity index (χ0n) is 9.80. The van der Waals surface area contributed by atoms with E-state index in [0.717, 1.165) is 32.7 Å². The molecule has 0 aromatic heterocycles. The Morgan fingerprint density at radius 1 is 1.18 bits per heavy atom. The highest BCUT2D eigenvalue weighted by Crippen LogP contribution is 2.08. The third-order valence-corrected chi connectivity index (χ3v) is 3.03. The average Bonchev–Trinajstić information content (AvgIpc) is 2.40. The van der Waals surface area contributed by atoms with Gasteiger partial charge in [-0.25, -0.2) is 10.6 Å². The van der Waals surface area contributed by atoms with Crippen molar-refractivity contribution in [3.8, 4) is 0 Å². The molecule has 3 N–H and O–H groups in total. The number of urea groups is 1. The number of piperazine rings is 1. The number of benzene rings is 1. The lowest BCUT2D eigenvalue weighted by Gasteiger charge is -2.34. The molecule has 1 fully saturated rings. The van der Waals surface area contributed by atoms with E-state index in [4.69, 9.17) is 5.84 Å². The summed E-state index contributed by atoms with van der Waals surface area (Å²) in [6.45, 7) is 4.19. The van der Waals surface area contributed by atoms with Gasteiger partial charge in [0.15, 0.2) is 0 Å². The van der Waals surface area contributed by atoms with Gasteiger partial charge in [0.2, 0.25) is 0 Å². The van der Waals surface area contributed by atoms with E-state index in [0.29, 0.717) is 0 Å². The van der Waals surface area contributed by atoms with Crippen molar-refractivity contribution in [3.63, 3.8) is 0 Å². The first kappa shape index (κ1) is 11.9. The topological polar surface area (TPSA) is 61.6 Å². The van der Waals surface area contributed by atoms with Crippen LogP contribution >= 0.6 is 0 Å². The molecular weight excluding hydrogens is 216 g/mol. The van der Waals surface area contributed by atoms with Gasteiger partial charge in [0.1, 0.15) is 0 Å². The van der Waals surface area contributed by atoms with Crippen LogP contribution in [0.3, 0.4) is 0 Å². The molecule has 5 nitrogen and oxygen atoms in total. The molecule has 2 amide bonds. The monoisotopic (exact) mass is 234 g/mol. The van der Waals surface area contributed by atoms with Gasteiger partial charge in [0, 0.05) is 32.7 Å². The maximum atomic E-state index is 11.3. The van der Waals surface area contributed by atoms with Gasteiger partial charge >= 0.3 is 6.03 Å². The van der Waals surface area contributed by atoms with Crippen LogP contribution in [-0.2, 0) is 6.54 Å². The van der Waals surface area contributed by atoms with Crippen LogP contribution in [0.25, 0.3) is 0 Å². The van der Waals surface area contributed by atoms with Crippen LogP contribution in [0.2, 0.25) is 0 Å². The molecule has 0 radical (unpaired) electrons. The van der Waals surface area contributed by atoms with Gasteiger partial charge in [-0.05, 0) is 5.56 Å². The Bertz CT molecular complexity index is 360. The smallest absolute Gasteiger partial charge is 0.321 e. The molecule has 1 aromatic rings. The molecule has 92 valence electrons. The van der Waals surface area contributed by atoms with Gasteiger partial charge in [0.25, 0.3) is 0 Å². The Morgan fingerprint density at radius 3 is 2.41 bits per heavy atom. The molecule has 1 aliphatic heterocycles. The second kappa shape index (κ2) is 5.65. The molecule has 0 unspecified atom stereocenters. The number of nitrogens with two attached hydrogens (primary N) is 1. The fourth-order valence-electron chi connectivity index (χ4n) is 2.04. The number of carbonyl (C=O) groups is 1. The standard InChI is InChI=1S/C12H18N4O/c13-14-12(17)16-8-6-15(7-9-16)10-11-4-2-1-3-5-11/h1-5H,6-10,13H2,(H,14,17). The largest absolute Gasteiger partial charge is 0.331 e. The number of nitrogens with one attached hydrogen (secondary N) is 1. The molecule has 0 atom stereocenters. The fraction of sp³-hybridized carbons (Fsp3) is 0.417. The first-order valence-corrected chi connectivity index (χ1v) is 5.81. The zero-order valence-corrected chi connectivity index (χ0v) is 9.80. The van der Waals surface area contributed by atoms with Gasteiger partial charge in [-0.1, -0.05) is 30.3 Å². The van der Waals surface area contributed by atoms with Crippen LogP contribution in [0, 0.1) is 0 Å². The van der Waals surface area contributed by atoms with Crippen molar-refractivity contribution >= 4 is 6.03 Å². The van der Waals surface area contributed by atoms with Crippen molar-refractivity contribution in [2.24, 2.45) is 5.84 Å². The van der Waals surface area contributed by atoms with Crippen molar-refractivity contribution < 1.29 is 4.79 Å². The predicted molar refractivity (Wildman–Crippen MR) is 66.0 cm³/mol. The highest BCUT2D eigenvalue weighted by Gasteiger charge is 2.19. The summed E-state index contributed by atoms with van der Waals surface area (Å²) >= 11 is 0. The molecule has 0 bridgehead atoms. The highest BCUT2D eigenvalue weighted by atomic mass is 16.2. The Kier molecular flexibility index (Phi) is 3.95. The first-order valence-electron chi connectivity index (χ1n) is 5.81. The van der Waals surface area contributed by atoms with E-state index in [9.17, 15) is 4.79 Å². The van der Waals surface area contributed by atoms with Gasteiger partial charge in [0.05, 0.1) is 0 Å². The fourth-order valence-corrected chi connectivity index (χ4v) is 2.04. The summed E-state index contributed by atoms with van der Waals surface area (Å²) in [6.07, 6.45) is 0. The molecule has 0 saturated carbocycles. The van der Waals surface area contributed by atoms with Crippen LogP contribution < -0.4 is 11.3 Å². The summed E-state index contributed by atoms with van der Waals surface area (Å²) in [6, 6.07) is 10.2. The van der Waals surface area contributed by atoms with Crippen molar-refractivity contribution in [2.75, 3.05) is 26.2 Å². The summed E-state index contributed by atoms with van der Waals surface area (Å²) < 4.78 is 0. The van der Waals surface area contributed by atoms with E-state index in [1.165, 1.54) is 5.56 Å². The van der Waals surface area contributed by atoms with Crippen LogP contribution in [0.5, 0.6) is 0 Å². The molecule has 0 spiro atoms. The van der Waals surface area contributed by atoms with Crippen LogP contribution in [-0.4, -0.2) is 42.0 Å². The molecule has 5 heteroatoms. The summed E-state index contributed by atoms with van der Waals surface area (Å²) in [4.78, 5) is 15.4. The van der Waals surface area contributed by atoms with E-state index in [2.05, 4.69) is 22.5 Å². The van der Waals surface area contributed by atoms with E-state index in [1.807, 2.05) is 18.2 Å². The predicted octanol–water partition coefficient (Wildman–Crippen LogP) is 0.388. The van der Waals surface area contributed by atoms with Crippen molar-refractivity contribution in [1.29, 1.82) is 0 Å². The molecule has 2 rings (SSSR count).